The smallest absolute Gasteiger partial charge is 0.251 e. The van der Waals surface area contributed by atoms with E-state index in [4.69, 9.17) is 11.6 Å². The van der Waals surface area contributed by atoms with Crippen molar-refractivity contribution >= 4 is 45.3 Å². The Balaban J connectivity index is 1.60. The predicted molar refractivity (Wildman–Crippen MR) is 138 cm³/mol. The average Bonchev–Trinajstić information content (AvgIpc) is 2.82. The monoisotopic (exact) mass is 490 g/mol. The van der Waals surface area contributed by atoms with Crippen LogP contribution in [-0.4, -0.2) is 22.0 Å². The Morgan fingerprint density at radius 3 is 2.53 bits per heavy atom. The molecule has 0 aliphatic heterocycles. The first-order valence-corrected chi connectivity index (χ1v) is 12.1. The van der Waals surface area contributed by atoms with Gasteiger partial charge in [-0.25, -0.2) is 0 Å². The van der Waals surface area contributed by atoms with E-state index < -0.39 is 6.04 Å². The number of thioether (sulfide) groups is 1. The van der Waals surface area contributed by atoms with Crippen LogP contribution in [0.3, 0.4) is 0 Å². The molecule has 3 aromatic carbocycles. The van der Waals surface area contributed by atoms with Gasteiger partial charge in [0, 0.05) is 39.7 Å². The molecule has 1 heterocycles. The van der Waals surface area contributed by atoms with Gasteiger partial charge in [-0.2, -0.15) is 0 Å². The molecule has 2 N–H and O–H groups in total. The molecule has 34 heavy (non-hydrogen) atoms. The highest BCUT2D eigenvalue weighted by Gasteiger charge is 2.24. The Labute approximate surface area is 206 Å². The van der Waals surface area contributed by atoms with E-state index in [2.05, 4.69) is 10.3 Å². The Morgan fingerprint density at radius 2 is 1.76 bits per heavy atom. The van der Waals surface area contributed by atoms with Crippen LogP contribution < -0.4 is 10.9 Å². The molecule has 1 amide bonds. The molecule has 4 rings (SSSR count). The Kier molecular flexibility index (Phi) is 7.50. The molecule has 0 saturated heterocycles. The lowest BCUT2D eigenvalue weighted by atomic mass is 10.0. The summed E-state index contributed by atoms with van der Waals surface area (Å²) >= 11 is 7.09. The fourth-order valence-electron chi connectivity index (χ4n) is 3.76. The molecular weight excluding hydrogens is 468 g/mol. The third kappa shape index (κ3) is 5.95. The number of aromatic nitrogens is 1. The molecule has 0 aliphatic carbocycles. The topological polar surface area (TPSA) is 79.0 Å². The second-order valence-corrected chi connectivity index (χ2v) is 9.45. The summed E-state index contributed by atoms with van der Waals surface area (Å²) < 4.78 is 0. The number of amides is 1. The number of halogens is 1. The zero-order valence-corrected chi connectivity index (χ0v) is 20.1. The number of rotatable bonds is 7. The van der Waals surface area contributed by atoms with Crippen molar-refractivity contribution in [1.29, 1.82) is 0 Å². The maximum Gasteiger partial charge on any atom is 0.251 e. The van der Waals surface area contributed by atoms with E-state index in [1.807, 2.05) is 55.5 Å². The van der Waals surface area contributed by atoms with Gasteiger partial charge in [0.05, 0.1) is 0 Å². The van der Waals surface area contributed by atoms with Crippen LogP contribution >= 0.6 is 23.4 Å². The summed E-state index contributed by atoms with van der Waals surface area (Å²) in [6.45, 7) is 2.00. The van der Waals surface area contributed by atoms with Gasteiger partial charge in [0.1, 0.15) is 6.04 Å². The second kappa shape index (κ2) is 10.7. The minimum absolute atomic E-state index is 0.173. The van der Waals surface area contributed by atoms with E-state index >= 15 is 0 Å². The minimum atomic E-state index is -0.816. The first-order valence-electron chi connectivity index (χ1n) is 10.8. The van der Waals surface area contributed by atoms with Crippen LogP contribution in [0.4, 0.5) is 0 Å². The van der Waals surface area contributed by atoms with E-state index in [1.54, 1.807) is 24.3 Å². The van der Waals surface area contributed by atoms with Crippen LogP contribution in [0.5, 0.6) is 0 Å². The van der Waals surface area contributed by atoms with Crippen molar-refractivity contribution in [2.45, 2.75) is 25.1 Å². The van der Waals surface area contributed by atoms with Gasteiger partial charge in [-0.3, -0.25) is 14.4 Å². The minimum Gasteiger partial charge on any atom is -0.341 e. The molecule has 0 spiro atoms. The van der Waals surface area contributed by atoms with Gasteiger partial charge in [-0.15, -0.1) is 0 Å². The lowest BCUT2D eigenvalue weighted by Crippen LogP contribution is -2.41. The largest absolute Gasteiger partial charge is 0.341 e. The molecule has 0 fully saturated rings. The number of fused-ring (bicyclic) bond motifs is 1. The highest BCUT2D eigenvalue weighted by Crippen LogP contribution is 2.21. The molecule has 0 bridgehead atoms. The van der Waals surface area contributed by atoms with Crippen molar-refractivity contribution < 1.29 is 9.59 Å². The van der Waals surface area contributed by atoms with Crippen LogP contribution in [0.2, 0.25) is 5.02 Å². The van der Waals surface area contributed by atoms with Gasteiger partial charge in [-0.1, -0.05) is 71.4 Å². The van der Waals surface area contributed by atoms with Crippen molar-refractivity contribution in [3.8, 4) is 0 Å². The third-order valence-corrected chi connectivity index (χ3v) is 6.72. The van der Waals surface area contributed by atoms with Gasteiger partial charge in [0.15, 0.2) is 0 Å². The summed E-state index contributed by atoms with van der Waals surface area (Å²) in [6, 6.07) is 22.5. The summed E-state index contributed by atoms with van der Waals surface area (Å²) in [5.41, 5.74) is 3.69. The number of nitrogens with one attached hydrogen (secondary N) is 2. The van der Waals surface area contributed by atoms with E-state index in [0.717, 1.165) is 28.3 Å². The highest BCUT2D eigenvalue weighted by molar-refractivity contribution is 8.13. The molecule has 4 aromatic rings. The lowest BCUT2D eigenvalue weighted by molar-refractivity contribution is -0.112. The first-order chi connectivity index (χ1) is 16.4. The molecular formula is C27H23ClN2O3S. The number of hydrogen-bond acceptors (Lipinski definition) is 4. The molecule has 5 nitrogen and oxygen atoms in total. The maximum atomic E-state index is 13.3. The quantitative estimate of drug-likeness (QED) is 0.369. The third-order valence-electron chi connectivity index (χ3n) is 5.42. The number of aromatic amines is 1. The van der Waals surface area contributed by atoms with Gasteiger partial charge < -0.3 is 10.3 Å². The molecule has 0 radical (unpaired) electrons. The second-order valence-electron chi connectivity index (χ2n) is 8.04. The van der Waals surface area contributed by atoms with Crippen LogP contribution in [0.15, 0.2) is 83.7 Å². The predicted octanol–water partition coefficient (Wildman–Crippen LogP) is 5.29. The number of hydrogen-bond donors (Lipinski definition) is 2. The Bertz CT molecular complexity index is 1400. The summed E-state index contributed by atoms with van der Waals surface area (Å²) in [4.78, 5) is 41.3. The van der Waals surface area contributed by atoms with Crippen LogP contribution in [-0.2, 0) is 17.0 Å². The average molecular weight is 491 g/mol. The van der Waals surface area contributed by atoms with Crippen molar-refractivity contribution in [3.05, 3.63) is 116 Å². The summed E-state index contributed by atoms with van der Waals surface area (Å²) in [7, 11) is 0. The van der Waals surface area contributed by atoms with Crippen molar-refractivity contribution in [2.75, 3.05) is 0 Å². The standard InChI is InChI=1S/C27H23ClN2O3S/c1-17-5-4-6-18(13-17)16-34-27(33)24(30-26(32)19-9-11-21(28)12-10-19)14-20-15-25(31)29-23-8-3-2-7-22(20)23/h2-13,15,24H,14,16H2,1H3,(H,29,31)(H,30,32). The zero-order chi connectivity index (χ0) is 24.1. The molecule has 7 heteroatoms. The Hall–Kier alpha value is -3.35. The fourth-order valence-corrected chi connectivity index (χ4v) is 4.72. The van der Waals surface area contributed by atoms with Crippen molar-refractivity contribution in [2.24, 2.45) is 0 Å². The van der Waals surface area contributed by atoms with Crippen LogP contribution in [0, 0.1) is 6.92 Å². The maximum absolute atomic E-state index is 13.3. The fraction of sp³-hybridized carbons (Fsp3) is 0.148. The van der Waals surface area contributed by atoms with Gasteiger partial charge in [0.2, 0.25) is 10.7 Å². The number of para-hydroxylation sites is 1. The first kappa shape index (κ1) is 23.8. The van der Waals surface area contributed by atoms with E-state index in [-0.39, 0.29) is 23.0 Å². The Morgan fingerprint density at radius 1 is 1.00 bits per heavy atom. The summed E-state index contributed by atoms with van der Waals surface area (Å²) in [5.74, 6) is 0.115. The van der Waals surface area contributed by atoms with E-state index in [9.17, 15) is 14.4 Å². The molecule has 1 aromatic heterocycles. The number of benzene rings is 3. The number of carbonyl (C=O) groups is 2. The molecule has 0 aliphatic rings. The van der Waals surface area contributed by atoms with Gasteiger partial charge in [-0.05, 0) is 48.4 Å². The van der Waals surface area contributed by atoms with Crippen molar-refractivity contribution in [1.82, 2.24) is 10.3 Å². The number of carbonyl (C=O) groups excluding carboxylic acids is 2. The van der Waals surface area contributed by atoms with Crippen LogP contribution in [0.25, 0.3) is 10.9 Å². The highest BCUT2D eigenvalue weighted by atomic mass is 35.5. The molecule has 0 saturated carbocycles. The van der Waals surface area contributed by atoms with Crippen LogP contribution in [0.1, 0.15) is 27.0 Å². The van der Waals surface area contributed by atoms with Gasteiger partial charge >= 0.3 is 0 Å². The molecule has 1 unspecified atom stereocenters. The zero-order valence-electron chi connectivity index (χ0n) is 18.5. The van der Waals surface area contributed by atoms with Gasteiger partial charge in [0.25, 0.3) is 5.91 Å². The number of aryl methyl sites for hydroxylation is 1. The number of pyridine rings is 1. The normalized spacial score (nSPS) is 11.8. The molecule has 172 valence electrons. The summed E-state index contributed by atoms with van der Waals surface area (Å²) in [5, 5.41) is 4.05. The molecule has 1 atom stereocenters. The van der Waals surface area contributed by atoms with E-state index in [0.29, 0.717) is 27.4 Å². The SMILES string of the molecule is Cc1cccc(CSC(=O)C(Cc2cc(=O)[nH]c3ccccc23)NC(=O)c2ccc(Cl)cc2)c1. The van der Waals surface area contributed by atoms with Crippen molar-refractivity contribution in [3.63, 3.8) is 0 Å². The summed E-state index contributed by atoms with van der Waals surface area (Å²) in [6.07, 6.45) is 0.198. The lowest BCUT2D eigenvalue weighted by Gasteiger charge is -2.18. The van der Waals surface area contributed by atoms with E-state index in [1.165, 1.54) is 6.07 Å². The number of H-pyrrole nitrogens is 1.